The highest BCUT2D eigenvalue weighted by Crippen LogP contribution is 2.34. The van der Waals surface area contributed by atoms with E-state index in [1.165, 1.54) is 6.08 Å². The third kappa shape index (κ3) is 4.87. The molecule has 0 fully saturated rings. The number of ether oxygens (including phenoxy) is 2. The summed E-state index contributed by atoms with van der Waals surface area (Å²) < 4.78 is 25.8. The van der Waals surface area contributed by atoms with E-state index in [1.54, 1.807) is 35.3 Å². The number of halogens is 1. The third-order valence-electron chi connectivity index (χ3n) is 5.84. The fourth-order valence-corrected chi connectivity index (χ4v) is 3.94. The summed E-state index contributed by atoms with van der Waals surface area (Å²) in [5.41, 5.74) is 2.76. The monoisotopic (exact) mass is 477 g/mol. The molecule has 2 aromatic heterocycles. The van der Waals surface area contributed by atoms with Gasteiger partial charge < -0.3 is 29.8 Å². The van der Waals surface area contributed by atoms with Gasteiger partial charge in [0, 0.05) is 42.3 Å². The van der Waals surface area contributed by atoms with Crippen LogP contribution in [0.25, 0.3) is 5.82 Å². The molecule has 1 aromatic carbocycles. The molecule has 3 heterocycles. The first-order valence-electron chi connectivity index (χ1n) is 11.2. The Morgan fingerprint density at radius 2 is 2.09 bits per heavy atom. The molecule has 10 heteroatoms. The Hall–Kier alpha value is -4.18. The zero-order valence-corrected chi connectivity index (χ0v) is 19.0. The van der Waals surface area contributed by atoms with Crippen LogP contribution >= 0.6 is 0 Å². The van der Waals surface area contributed by atoms with Crippen LogP contribution in [0.3, 0.4) is 0 Å². The molecule has 1 unspecified atom stereocenters. The second-order valence-corrected chi connectivity index (χ2v) is 8.26. The van der Waals surface area contributed by atoms with Crippen molar-refractivity contribution in [3.05, 3.63) is 77.5 Å². The van der Waals surface area contributed by atoms with Gasteiger partial charge in [-0.05, 0) is 43.2 Å². The van der Waals surface area contributed by atoms with Gasteiger partial charge >= 0.3 is 0 Å². The number of aliphatic hydroxyl groups excluding tert-OH is 1. The van der Waals surface area contributed by atoms with Crippen molar-refractivity contribution < 1.29 is 23.8 Å². The Morgan fingerprint density at radius 3 is 2.89 bits per heavy atom. The first-order valence-corrected chi connectivity index (χ1v) is 11.2. The maximum atomic E-state index is 13.3. The van der Waals surface area contributed by atoms with Gasteiger partial charge in [0.1, 0.15) is 11.6 Å². The number of nitrogens with zero attached hydrogens (tertiary/aromatic N) is 3. The zero-order chi connectivity index (χ0) is 24.4. The maximum Gasteiger partial charge on any atom is 0.253 e. The summed E-state index contributed by atoms with van der Waals surface area (Å²) in [5.74, 6) is 1.78. The van der Waals surface area contributed by atoms with Crippen molar-refractivity contribution in [2.24, 2.45) is 0 Å². The lowest BCUT2D eigenvalue weighted by molar-refractivity contribution is 0.0925. The van der Waals surface area contributed by atoms with Gasteiger partial charge in [-0.2, -0.15) is 4.98 Å². The van der Waals surface area contributed by atoms with Crippen LogP contribution in [0.5, 0.6) is 11.5 Å². The zero-order valence-electron chi connectivity index (χ0n) is 19.0. The highest BCUT2D eigenvalue weighted by molar-refractivity contribution is 5.94. The molecular formula is C25H24FN5O4. The van der Waals surface area contributed by atoms with Crippen LogP contribution in [0.4, 0.5) is 16.0 Å². The number of aryl methyl sites for hydroxylation is 1. The molecule has 9 nitrogen and oxygen atoms in total. The smallest absolute Gasteiger partial charge is 0.253 e. The Bertz CT molecular complexity index is 1330. The second kappa shape index (κ2) is 9.59. The SMILES string of the molecule is Cc1cnc(Nc2ccc3c(c2)OCO3)nc1-n1ccc(C(=O)NC(CO)C2=CC=C(F)CC2)c1. The number of hydrogen-bond donors (Lipinski definition) is 3. The minimum absolute atomic E-state index is 0.194. The largest absolute Gasteiger partial charge is 0.454 e. The predicted octanol–water partition coefficient (Wildman–Crippen LogP) is 3.71. The summed E-state index contributed by atoms with van der Waals surface area (Å²) in [6.07, 6.45) is 8.81. The average Bonchev–Trinajstić information content (AvgIpc) is 3.54. The number of carbonyl (C=O) groups excluding carboxylic acids is 1. The van der Waals surface area contributed by atoms with E-state index in [2.05, 4.69) is 20.6 Å². The topological polar surface area (TPSA) is 111 Å². The van der Waals surface area contributed by atoms with Crippen molar-refractivity contribution in [1.29, 1.82) is 0 Å². The molecule has 1 amide bonds. The van der Waals surface area contributed by atoms with E-state index in [9.17, 15) is 14.3 Å². The predicted molar refractivity (Wildman–Crippen MR) is 127 cm³/mol. The van der Waals surface area contributed by atoms with Gasteiger partial charge in [-0.3, -0.25) is 4.79 Å². The summed E-state index contributed by atoms with van der Waals surface area (Å²) in [4.78, 5) is 21.8. The maximum absolute atomic E-state index is 13.3. The number of allylic oxidation sites excluding steroid dienone is 3. The van der Waals surface area contributed by atoms with Gasteiger partial charge in [0.2, 0.25) is 12.7 Å². The molecule has 3 N–H and O–H groups in total. The third-order valence-corrected chi connectivity index (χ3v) is 5.84. The summed E-state index contributed by atoms with van der Waals surface area (Å²) in [6, 6.07) is 6.57. The number of aliphatic hydroxyl groups is 1. The number of hydrogen-bond acceptors (Lipinski definition) is 7. The normalized spacial score (nSPS) is 15.3. The molecule has 0 saturated carbocycles. The van der Waals surface area contributed by atoms with Gasteiger partial charge in [-0.25, -0.2) is 9.37 Å². The van der Waals surface area contributed by atoms with Crippen molar-refractivity contribution in [2.75, 3.05) is 18.7 Å². The lowest BCUT2D eigenvalue weighted by Crippen LogP contribution is -2.39. The lowest BCUT2D eigenvalue weighted by Gasteiger charge is -2.21. The van der Waals surface area contributed by atoms with E-state index in [0.717, 1.165) is 16.8 Å². The van der Waals surface area contributed by atoms with Gasteiger partial charge in [0.15, 0.2) is 11.5 Å². The fourth-order valence-electron chi connectivity index (χ4n) is 3.94. The van der Waals surface area contributed by atoms with E-state index in [-0.39, 0.29) is 31.6 Å². The molecule has 0 saturated heterocycles. The number of aromatic nitrogens is 3. The molecule has 1 atom stereocenters. The van der Waals surface area contributed by atoms with Crippen LogP contribution in [0.1, 0.15) is 28.8 Å². The van der Waals surface area contributed by atoms with E-state index < -0.39 is 6.04 Å². The lowest BCUT2D eigenvalue weighted by atomic mass is 9.97. The first-order chi connectivity index (χ1) is 17.0. The van der Waals surface area contributed by atoms with E-state index >= 15 is 0 Å². The highest BCUT2D eigenvalue weighted by Gasteiger charge is 2.20. The first kappa shape index (κ1) is 22.6. The van der Waals surface area contributed by atoms with Gasteiger partial charge in [-0.15, -0.1) is 0 Å². The summed E-state index contributed by atoms with van der Waals surface area (Å²) in [6.45, 7) is 1.80. The van der Waals surface area contributed by atoms with Crippen LogP contribution in [-0.4, -0.2) is 45.0 Å². The van der Waals surface area contributed by atoms with Crippen molar-refractivity contribution in [1.82, 2.24) is 19.9 Å². The number of benzene rings is 1. The quantitative estimate of drug-likeness (QED) is 0.476. The van der Waals surface area contributed by atoms with Crippen LogP contribution in [0, 0.1) is 6.92 Å². The summed E-state index contributed by atoms with van der Waals surface area (Å²) >= 11 is 0. The van der Waals surface area contributed by atoms with Crippen molar-refractivity contribution in [2.45, 2.75) is 25.8 Å². The molecule has 5 rings (SSSR count). The Morgan fingerprint density at radius 1 is 1.23 bits per heavy atom. The van der Waals surface area contributed by atoms with Crippen LogP contribution in [0.15, 0.2) is 66.4 Å². The summed E-state index contributed by atoms with van der Waals surface area (Å²) in [5, 5.41) is 15.7. The fraction of sp³-hybridized carbons (Fsp3) is 0.240. The van der Waals surface area contributed by atoms with Crippen molar-refractivity contribution in [3.63, 3.8) is 0 Å². The molecule has 35 heavy (non-hydrogen) atoms. The number of carbonyl (C=O) groups is 1. The number of nitrogens with one attached hydrogen (secondary N) is 2. The number of rotatable bonds is 7. The van der Waals surface area contributed by atoms with E-state index in [4.69, 9.17) is 9.47 Å². The second-order valence-electron chi connectivity index (χ2n) is 8.26. The van der Waals surface area contributed by atoms with Crippen molar-refractivity contribution >= 4 is 17.5 Å². The molecule has 3 aromatic rings. The van der Waals surface area contributed by atoms with Crippen molar-refractivity contribution in [3.8, 4) is 17.3 Å². The minimum atomic E-state index is -0.575. The molecule has 0 spiro atoms. The number of amides is 1. The standard InChI is InChI=1S/C25H24FN5O4/c1-15-11-27-25(28-19-6-7-21-22(10-19)35-14-34-21)30-23(15)31-9-8-17(12-31)24(33)29-20(13-32)16-2-4-18(26)5-3-16/h2,4,6-12,20,32H,3,5,13-14H2,1H3,(H,29,33)(H,27,28,30). The molecule has 0 bridgehead atoms. The van der Waals surface area contributed by atoms with Crippen LogP contribution < -0.4 is 20.1 Å². The molecular weight excluding hydrogens is 453 g/mol. The van der Waals surface area contributed by atoms with E-state index in [0.29, 0.717) is 35.2 Å². The Labute approximate surface area is 200 Å². The molecule has 180 valence electrons. The molecule has 1 aliphatic carbocycles. The Kier molecular flexibility index (Phi) is 6.19. The van der Waals surface area contributed by atoms with Crippen LogP contribution in [-0.2, 0) is 0 Å². The minimum Gasteiger partial charge on any atom is -0.454 e. The summed E-state index contributed by atoms with van der Waals surface area (Å²) in [7, 11) is 0. The Balaban J connectivity index is 1.32. The van der Waals surface area contributed by atoms with Gasteiger partial charge in [0.25, 0.3) is 5.91 Å². The average molecular weight is 477 g/mol. The molecule has 1 aliphatic heterocycles. The van der Waals surface area contributed by atoms with Crippen LogP contribution in [0.2, 0.25) is 0 Å². The highest BCUT2D eigenvalue weighted by atomic mass is 19.1. The van der Waals surface area contributed by atoms with E-state index in [1.807, 2.05) is 25.1 Å². The number of anilines is 2. The number of fused-ring (bicyclic) bond motifs is 1. The molecule has 0 radical (unpaired) electrons. The van der Waals surface area contributed by atoms with Gasteiger partial charge in [-0.1, -0.05) is 6.08 Å². The molecule has 2 aliphatic rings. The van der Waals surface area contributed by atoms with Gasteiger partial charge in [0.05, 0.1) is 18.2 Å².